The molecule has 0 radical (unpaired) electrons. The molecule has 2 aliphatic heterocycles. The molecule has 1 aromatic carbocycles. The number of piperidine rings is 1. The maximum absolute atomic E-state index is 13.6. The van der Waals surface area contributed by atoms with Crippen molar-refractivity contribution in [2.75, 3.05) is 38.6 Å². The van der Waals surface area contributed by atoms with E-state index in [0.29, 0.717) is 34.3 Å². The summed E-state index contributed by atoms with van der Waals surface area (Å²) in [6.07, 6.45) is 11.4. The van der Waals surface area contributed by atoms with E-state index in [4.69, 9.17) is 15.5 Å². The van der Waals surface area contributed by atoms with E-state index in [1.54, 1.807) is 12.3 Å². The summed E-state index contributed by atoms with van der Waals surface area (Å²) >= 11 is 0. The minimum Gasteiger partial charge on any atom is -0.382 e. The second kappa shape index (κ2) is 9.94. The van der Waals surface area contributed by atoms with Gasteiger partial charge >= 0.3 is 0 Å². The molecule has 0 amide bonds. The van der Waals surface area contributed by atoms with Gasteiger partial charge in [0.25, 0.3) is 0 Å². The molecule has 9 nitrogen and oxygen atoms in total. The van der Waals surface area contributed by atoms with Crippen LogP contribution in [0.3, 0.4) is 0 Å². The molecule has 2 aliphatic rings. The number of halogens is 1. The van der Waals surface area contributed by atoms with Crippen LogP contribution in [0.5, 0.6) is 0 Å². The minimum absolute atomic E-state index is 0.263. The summed E-state index contributed by atoms with van der Waals surface area (Å²) in [7, 11) is 0. The standard InChI is InChI=1S/C26H31FN8O/c27-19-1-2-21-22(13-19)33-26(32-21)24-25(28)29-15-23(31-24)18-14-30-35(16-18)20-4-9-34(10-5-20)8-3-17-6-11-36-12-7-17/h1-2,13-17,20H,3-12H2,(H2,28,29)(H,32,33). The van der Waals surface area contributed by atoms with Crippen molar-refractivity contribution in [1.29, 1.82) is 0 Å². The van der Waals surface area contributed by atoms with Gasteiger partial charge in [-0.15, -0.1) is 0 Å². The van der Waals surface area contributed by atoms with Crippen LogP contribution in [0.15, 0.2) is 36.8 Å². The number of hydrogen-bond donors (Lipinski definition) is 2. The zero-order valence-corrected chi connectivity index (χ0v) is 20.2. The number of nitrogen functional groups attached to an aromatic ring is 1. The summed E-state index contributed by atoms with van der Waals surface area (Å²) in [6.45, 7) is 5.22. The summed E-state index contributed by atoms with van der Waals surface area (Å²) in [5.74, 6) is 1.21. The summed E-state index contributed by atoms with van der Waals surface area (Å²) in [5, 5.41) is 4.65. The molecule has 6 rings (SSSR count). The van der Waals surface area contributed by atoms with E-state index >= 15 is 0 Å². The molecule has 5 heterocycles. The molecular formula is C26H31FN8O. The Morgan fingerprint density at radius 1 is 1.08 bits per heavy atom. The zero-order valence-electron chi connectivity index (χ0n) is 20.2. The monoisotopic (exact) mass is 490 g/mol. The van der Waals surface area contributed by atoms with Gasteiger partial charge in [-0.3, -0.25) is 4.68 Å². The van der Waals surface area contributed by atoms with E-state index in [1.807, 2.05) is 12.4 Å². The van der Waals surface area contributed by atoms with Crippen LogP contribution in [-0.4, -0.2) is 67.5 Å². The Balaban J connectivity index is 1.12. The average molecular weight is 491 g/mol. The fraction of sp³-hybridized carbons (Fsp3) is 0.462. The number of ether oxygens (including phenoxy) is 1. The number of aromatic nitrogens is 6. The average Bonchev–Trinajstić information content (AvgIpc) is 3.56. The topological polar surface area (TPSA) is 111 Å². The fourth-order valence-corrected chi connectivity index (χ4v) is 5.28. The maximum atomic E-state index is 13.6. The molecule has 0 bridgehead atoms. The third kappa shape index (κ3) is 4.83. The molecule has 0 aliphatic carbocycles. The number of H-pyrrole nitrogens is 1. The molecule has 10 heteroatoms. The van der Waals surface area contributed by atoms with Crippen LogP contribution < -0.4 is 5.73 Å². The lowest BCUT2D eigenvalue weighted by atomic mass is 9.95. The van der Waals surface area contributed by atoms with Crippen molar-refractivity contribution in [1.82, 2.24) is 34.6 Å². The third-order valence-electron chi connectivity index (χ3n) is 7.49. The number of benzene rings is 1. The smallest absolute Gasteiger partial charge is 0.161 e. The van der Waals surface area contributed by atoms with E-state index < -0.39 is 0 Å². The summed E-state index contributed by atoms with van der Waals surface area (Å²) in [4.78, 5) is 19.3. The highest BCUT2D eigenvalue weighted by Crippen LogP contribution is 2.29. The molecule has 3 N–H and O–H groups in total. The molecule has 0 unspecified atom stereocenters. The number of fused-ring (bicyclic) bond motifs is 1. The highest BCUT2D eigenvalue weighted by Gasteiger charge is 2.23. The van der Waals surface area contributed by atoms with Crippen molar-refractivity contribution in [2.24, 2.45) is 5.92 Å². The van der Waals surface area contributed by atoms with Crippen LogP contribution in [0.25, 0.3) is 33.8 Å². The number of nitrogens with zero attached hydrogens (tertiary/aromatic N) is 6. The fourth-order valence-electron chi connectivity index (χ4n) is 5.28. The molecule has 0 atom stereocenters. The van der Waals surface area contributed by atoms with Gasteiger partial charge in [-0.25, -0.2) is 19.3 Å². The lowest BCUT2D eigenvalue weighted by molar-refractivity contribution is 0.0581. The first-order chi connectivity index (χ1) is 17.6. The number of likely N-dealkylation sites (tertiary alicyclic amines) is 1. The van der Waals surface area contributed by atoms with E-state index in [0.717, 1.165) is 50.6 Å². The van der Waals surface area contributed by atoms with Crippen LogP contribution in [0.4, 0.5) is 10.2 Å². The lowest BCUT2D eigenvalue weighted by Gasteiger charge is -2.33. The second-order valence-electron chi connectivity index (χ2n) is 9.86. The Kier molecular flexibility index (Phi) is 6.37. The van der Waals surface area contributed by atoms with Gasteiger partial charge in [0.1, 0.15) is 11.5 Å². The quantitative estimate of drug-likeness (QED) is 0.419. The first-order valence-electron chi connectivity index (χ1n) is 12.7. The van der Waals surface area contributed by atoms with Crippen LogP contribution >= 0.6 is 0 Å². The molecule has 4 aromatic rings. The Bertz CT molecular complexity index is 1340. The number of nitrogens with two attached hydrogens (primary N) is 1. The molecule has 2 fully saturated rings. The number of aromatic amines is 1. The van der Waals surface area contributed by atoms with E-state index in [-0.39, 0.29) is 11.6 Å². The Labute approximate surface area is 208 Å². The van der Waals surface area contributed by atoms with Crippen molar-refractivity contribution < 1.29 is 9.13 Å². The summed E-state index contributed by atoms with van der Waals surface area (Å²) < 4.78 is 21.1. The summed E-state index contributed by atoms with van der Waals surface area (Å²) in [6, 6.07) is 4.78. The SMILES string of the molecule is Nc1ncc(-c2cnn(C3CCN(CCC4CCOCC4)CC3)c2)nc1-c1nc2ccc(F)cc2[nH]1. The normalized spacial score (nSPS) is 18.2. The van der Waals surface area contributed by atoms with Gasteiger partial charge in [0, 0.05) is 38.1 Å². The second-order valence-corrected chi connectivity index (χ2v) is 9.86. The van der Waals surface area contributed by atoms with E-state index in [2.05, 4.69) is 29.6 Å². The van der Waals surface area contributed by atoms with Crippen molar-refractivity contribution in [2.45, 2.75) is 38.1 Å². The van der Waals surface area contributed by atoms with E-state index in [1.165, 1.54) is 37.9 Å². The molecule has 188 valence electrons. The summed E-state index contributed by atoms with van der Waals surface area (Å²) in [5.41, 5.74) is 9.34. The molecule has 3 aromatic heterocycles. The highest BCUT2D eigenvalue weighted by atomic mass is 19.1. The van der Waals surface area contributed by atoms with Gasteiger partial charge in [0.15, 0.2) is 11.6 Å². The van der Waals surface area contributed by atoms with Gasteiger partial charge in [-0.2, -0.15) is 5.10 Å². The first-order valence-corrected chi connectivity index (χ1v) is 12.7. The predicted molar refractivity (Wildman–Crippen MR) is 136 cm³/mol. The lowest BCUT2D eigenvalue weighted by Crippen LogP contribution is -2.36. The number of rotatable bonds is 6. The molecule has 0 spiro atoms. The van der Waals surface area contributed by atoms with E-state index in [9.17, 15) is 4.39 Å². The number of hydrogen-bond acceptors (Lipinski definition) is 7. The van der Waals surface area contributed by atoms with Crippen LogP contribution in [-0.2, 0) is 4.74 Å². The minimum atomic E-state index is -0.330. The zero-order chi connectivity index (χ0) is 24.5. The Morgan fingerprint density at radius 2 is 1.92 bits per heavy atom. The predicted octanol–water partition coefficient (Wildman–Crippen LogP) is 4.06. The molecule has 2 saturated heterocycles. The highest BCUT2D eigenvalue weighted by molar-refractivity contribution is 5.81. The first kappa shape index (κ1) is 23.1. The maximum Gasteiger partial charge on any atom is 0.161 e. The van der Waals surface area contributed by atoms with Gasteiger partial charge in [0.2, 0.25) is 0 Å². The molecule has 0 saturated carbocycles. The largest absolute Gasteiger partial charge is 0.382 e. The molecular weight excluding hydrogens is 459 g/mol. The molecule has 36 heavy (non-hydrogen) atoms. The van der Waals surface area contributed by atoms with Gasteiger partial charge in [-0.1, -0.05) is 0 Å². The third-order valence-corrected chi connectivity index (χ3v) is 7.49. The number of nitrogens with one attached hydrogen (secondary N) is 1. The van der Waals surface area contributed by atoms with Crippen LogP contribution in [0.1, 0.15) is 38.1 Å². The number of anilines is 1. The van der Waals surface area contributed by atoms with Crippen LogP contribution in [0, 0.1) is 11.7 Å². The van der Waals surface area contributed by atoms with Crippen molar-refractivity contribution in [3.63, 3.8) is 0 Å². The van der Waals surface area contributed by atoms with Gasteiger partial charge < -0.3 is 20.4 Å². The van der Waals surface area contributed by atoms with Gasteiger partial charge in [-0.05, 0) is 62.8 Å². The Hall–Kier alpha value is -3.37. The van der Waals surface area contributed by atoms with Gasteiger partial charge in [0.05, 0.1) is 35.2 Å². The van der Waals surface area contributed by atoms with Crippen molar-refractivity contribution in [3.8, 4) is 22.8 Å². The van der Waals surface area contributed by atoms with Crippen molar-refractivity contribution >= 4 is 16.9 Å². The van der Waals surface area contributed by atoms with Crippen LogP contribution in [0.2, 0.25) is 0 Å². The van der Waals surface area contributed by atoms with Crippen molar-refractivity contribution in [3.05, 3.63) is 42.6 Å². The number of imidazole rings is 1. The Morgan fingerprint density at radius 3 is 2.75 bits per heavy atom.